The van der Waals surface area contributed by atoms with Crippen molar-refractivity contribution in [1.82, 2.24) is 10.3 Å². The molecule has 152 valence electrons. The first kappa shape index (κ1) is 20.7. The number of carbonyl (C=O) groups is 1. The number of hydrogen-bond acceptors (Lipinski definition) is 5. The number of primary amides is 1. The number of nitrogens with two attached hydrogens (primary N) is 1. The van der Waals surface area contributed by atoms with Crippen molar-refractivity contribution in [2.75, 3.05) is 20.2 Å². The molecule has 0 radical (unpaired) electrons. The summed E-state index contributed by atoms with van der Waals surface area (Å²) in [7, 11) is 1.62. The second-order valence-electron chi connectivity index (χ2n) is 7.38. The third-order valence-electron chi connectivity index (χ3n) is 5.41. The smallest absolute Gasteiger partial charge is 0.239 e. The van der Waals surface area contributed by atoms with Crippen LogP contribution in [-0.2, 0) is 11.2 Å². The van der Waals surface area contributed by atoms with Gasteiger partial charge in [-0.3, -0.25) is 14.8 Å². The number of nitrogens with zero attached hydrogens (tertiary/aromatic N) is 2. The molecule has 2 aromatic rings. The Morgan fingerprint density at radius 2 is 1.97 bits per heavy atom. The van der Waals surface area contributed by atoms with Crippen molar-refractivity contribution in [1.29, 1.82) is 0 Å². The number of nitrogens with one attached hydrogen (secondary N) is 1. The average molecular weight is 393 g/mol. The Hall–Kier alpha value is -2.99. The lowest BCUT2D eigenvalue weighted by Gasteiger charge is -2.31. The first-order chi connectivity index (χ1) is 14.1. The number of methoxy groups -OCH3 is 1. The Balaban J connectivity index is 1.62. The Labute approximate surface area is 171 Å². The summed E-state index contributed by atoms with van der Waals surface area (Å²) in [5.41, 5.74) is 7.72. The molecule has 6 nitrogen and oxygen atoms in total. The summed E-state index contributed by atoms with van der Waals surface area (Å²) in [5, 5.41) is 3.33. The van der Waals surface area contributed by atoms with E-state index in [1.807, 2.05) is 48.9 Å². The molecule has 0 fully saturated rings. The maximum atomic E-state index is 12.0. The van der Waals surface area contributed by atoms with E-state index in [1.165, 1.54) is 5.56 Å². The molecule has 6 heteroatoms. The van der Waals surface area contributed by atoms with Crippen LogP contribution in [0.2, 0.25) is 0 Å². The van der Waals surface area contributed by atoms with Crippen LogP contribution in [0.1, 0.15) is 30.0 Å². The molecule has 1 amide bonds. The largest absolute Gasteiger partial charge is 0.497 e. The van der Waals surface area contributed by atoms with Crippen LogP contribution in [0.4, 0.5) is 0 Å². The standard InChI is InChI=1S/C23H28N4O2/c1-29-20-5-3-19(4-6-20)21(22(24)28)27-16-12-23(10-2-13-26-17-23)11-7-18-8-14-25-15-9-18/h2-6,8-10,13-15,21,27H,7,11-12,16-17H2,1H3,(H2,24,28). The van der Waals surface area contributed by atoms with Gasteiger partial charge >= 0.3 is 0 Å². The Morgan fingerprint density at radius 3 is 2.59 bits per heavy atom. The van der Waals surface area contributed by atoms with Crippen molar-refractivity contribution < 1.29 is 9.53 Å². The van der Waals surface area contributed by atoms with E-state index < -0.39 is 11.9 Å². The van der Waals surface area contributed by atoms with Crippen LogP contribution in [0.25, 0.3) is 0 Å². The van der Waals surface area contributed by atoms with Gasteiger partial charge < -0.3 is 15.8 Å². The number of aryl methyl sites for hydroxylation is 1. The predicted octanol–water partition coefficient (Wildman–Crippen LogP) is 2.86. The molecule has 2 heterocycles. The van der Waals surface area contributed by atoms with Gasteiger partial charge in [0.1, 0.15) is 11.8 Å². The maximum Gasteiger partial charge on any atom is 0.239 e. The van der Waals surface area contributed by atoms with Gasteiger partial charge in [0.05, 0.1) is 7.11 Å². The highest BCUT2D eigenvalue weighted by atomic mass is 16.5. The summed E-state index contributed by atoms with van der Waals surface area (Å²) >= 11 is 0. The summed E-state index contributed by atoms with van der Waals surface area (Å²) in [6.45, 7) is 1.41. The molecule has 3 N–H and O–H groups in total. The fraction of sp³-hybridized carbons (Fsp3) is 0.348. The number of aliphatic imine (C=N–C) groups is 1. The predicted molar refractivity (Wildman–Crippen MR) is 115 cm³/mol. The number of carbonyl (C=O) groups excluding carboxylic acids is 1. The van der Waals surface area contributed by atoms with Crippen molar-refractivity contribution in [3.05, 3.63) is 72.1 Å². The zero-order valence-corrected chi connectivity index (χ0v) is 16.8. The second-order valence-corrected chi connectivity index (χ2v) is 7.38. The number of amides is 1. The number of dihydropyridines is 1. The first-order valence-electron chi connectivity index (χ1n) is 9.85. The van der Waals surface area contributed by atoms with E-state index in [1.54, 1.807) is 7.11 Å². The summed E-state index contributed by atoms with van der Waals surface area (Å²) < 4.78 is 5.18. The zero-order valence-electron chi connectivity index (χ0n) is 16.8. The van der Waals surface area contributed by atoms with Crippen molar-refractivity contribution in [2.24, 2.45) is 16.1 Å². The molecule has 1 aromatic carbocycles. The molecular formula is C23H28N4O2. The van der Waals surface area contributed by atoms with Crippen molar-refractivity contribution in [3.63, 3.8) is 0 Å². The van der Waals surface area contributed by atoms with Crippen LogP contribution in [0.5, 0.6) is 5.75 Å². The number of rotatable bonds is 10. The van der Waals surface area contributed by atoms with Crippen LogP contribution in [0.3, 0.4) is 0 Å². The molecule has 0 saturated heterocycles. The van der Waals surface area contributed by atoms with E-state index in [0.29, 0.717) is 6.54 Å². The molecule has 2 unspecified atom stereocenters. The van der Waals surface area contributed by atoms with E-state index >= 15 is 0 Å². The summed E-state index contributed by atoms with van der Waals surface area (Å²) in [6, 6.07) is 11.0. The van der Waals surface area contributed by atoms with E-state index in [4.69, 9.17) is 10.5 Å². The number of benzene rings is 1. The van der Waals surface area contributed by atoms with E-state index in [2.05, 4.69) is 33.5 Å². The van der Waals surface area contributed by atoms with Gasteiger partial charge in [-0.25, -0.2) is 0 Å². The lowest BCUT2D eigenvalue weighted by molar-refractivity contribution is -0.120. The number of allylic oxidation sites excluding steroid dienone is 1. The average Bonchev–Trinajstić information content (AvgIpc) is 2.77. The highest BCUT2D eigenvalue weighted by molar-refractivity contribution is 5.81. The molecule has 0 bridgehead atoms. The molecule has 0 aliphatic carbocycles. The fourth-order valence-electron chi connectivity index (χ4n) is 3.63. The van der Waals surface area contributed by atoms with Gasteiger partial charge in [0.2, 0.25) is 5.91 Å². The van der Waals surface area contributed by atoms with Gasteiger partial charge in [0.15, 0.2) is 0 Å². The Kier molecular flexibility index (Phi) is 7.14. The third-order valence-corrected chi connectivity index (χ3v) is 5.41. The lowest BCUT2D eigenvalue weighted by atomic mass is 9.78. The van der Waals surface area contributed by atoms with Gasteiger partial charge in [-0.2, -0.15) is 0 Å². The highest BCUT2D eigenvalue weighted by Gasteiger charge is 2.28. The SMILES string of the molecule is COc1ccc(C(NCCC2(CCc3ccncc3)C=CC=NC2)C(N)=O)cc1. The quantitative estimate of drug-likeness (QED) is 0.651. The molecule has 0 spiro atoms. The first-order valence-corrected chi connectivity index (χ1v) is 9.85. The van der Waals surface area contributed by atoms with E-state index in [-0.39, 0.29) is 5.41 Å². The molecule has 1 aliphatic rings. The summed E-state index contributed by atoms with van der Waals surface area (Å²) in [4.78, 5) is 20.6. The monoisotopic (exact) mass is 392 g/mol. The van der Waals surface area contributed by atoms with Gasteiger partial charge in [0.25, 0.3) is 0 Å². The molecule has 1 aromatic heterocycles. The topological polar surface area (TPSA) is 89.6 Å². The van der Waals surface area contributed by atoms with E-state index in [9.17, 15) is 4.79 Å². The van der Waals surface area contributed by atoms with Crippen LogP contribution in [0.15, 0.2) is 65.9 Å². The van der Waals surface area contributed by atoms with Gasteiger partial charge in [-0.05, 0) is 67.3 Å². The minimum absolute atomic E-state index is 0.0346. The van der Waals surface area contributed by atoms with Crippen LogP contribution < -0.4 is 15.8 Å². The summed E-state index contributed by atoms with van der Waals surface area (Å²) in [6.07, 6.45) is 12.6. The molecule has 29 heavy (non-hydrogen) atoms. The summed E-state index contributed by atoms with van der Waals surface area (Å²) in [5.74, 6) is 0.357. The molecular weight excluding hydrogens is 364 g/mol. The van der Waals surface area contributed by atoms with Gasteiger partial charge in [-0.1, -0.05) is 18.2 Å². The molecule has 0 saturated carbocycles. The third kappa shape index (κ3) is 5.74. The van der Waals surface area contributed by atoms with Crippen LogP contribution >= 0.6 is 0 Å². The van der Waals surface area contributed by atoms with Crippen molar-refractivity contribution in [2.45, 2.75) is 25.3 Å². The van der Waals surface area contributed by atoms with Gasteiger partial charge in [-0.15, -0.1) is 0 Å². The maximum absolute atomic E-state index is 12.0. The number of ether oxygens (including phenoxy) is 1. The van der Waals surface area contributed by atoms with E-state index in [0.717, 1.165) is 37.1 Å². The van der Waals surface area contributed by atoms with Crippen LogP contribution in [-0.4, -0.2) is 37.3 Å². The molecule has 3 rings (SSSR count). The number of aromatic nitrogens is 1. The number of pyridine rings is 1. The Bertz CT molecular complexity index is 849. The number of hydrogen-bond donors (Lipinski definition) is 2. The van der Waals surface area contributed by atoms with Crippen molar-refractivity contribution in [3.8, 4) is 5.75 Å². The minimum Gasteiger partial charge on any atom is -0.497 e. The fourth-order valence-corrected chi connectivity index (χ4v) is 3.63. The second kappa shape index (κ2) is 9.98. The Morgan fingerprint density at radius 1 is 1.21 bits per heavy atom. The molecule has 2 atom stereocenters. The normalized spacial score (nSPS) is 19.1. The zero-order chi connectivity index (χ0) is 20.5. The molecule has 1 aliphatic heterocycles. The van der Waals surface area contributed by atoms with Crippen LogP contribution in [0, 0.1) is 5.41 Å². The minimum atomic E-state index is -0.533. The van der Waals surface area contributed by atoms with Gasteiger partial charge in [0, 0.05) is 30.6 Å². The highest BCUT2D eigenvalue weighted by Crippen LogP contribution is 2.32. The lowest BCUT2D eigenvalue weighted by Crippen LogP contribution is -2.37. The van der Waals surface area contributed by atoms with Crippen molar-refractivity contribution >= 4 is 12.1 Å².